The monoisotopic (exact) mass is 376 g/mol. The molecule has 1 spiro atoms. The van der Waals surface area contributed by atoms with Crippen molar-refractivity contribution in [1.29, 1.82) is 0 Å². The molecule has 3 rings (SSSR count). The molecule has 0 atom stereocenters. The van der Waals surface area contributed by atoms with E-state index in [1.165, 1.54) is 14.2 Å². The van der Waals surface area contributed by atoms with Gasteiger partial charge in [0.15, 0.2) is 0 Å². The summed E-state index contributed by atoms with van der Waals surface area (Å²) in [5.41, 5.74) is 0.711. The molecule has 0 radical (unpaired) electrons. The summed E-state index contributed by atoms with van der Waals surface area (Å²) >= 11 is 0. The van der Waals surface area contributed by atoms with Gasteiger partial charge in [-0.3, -0.25) is 4.90 Å². The third-order valence-electron chi connectivity index (χ3n) is 5.05. The van der Waals surface area contributed by atoms with Crippen LogP contribution < -0.4 is 9.64 Å². The number of nitrogens with zero attached hydrogens (tertiary/aromatic N) is 2. The summed E-state index contributed by atoms with van der Waals surface area (Å²) in [7, 11) is 2.89. The molecule has 1 aliphatic heterocycles. The molecule has 7 heteroatoms. The highest BCUT2D eigenvalue weighted by molar-refractivity contribution is 5.93. The fraction of sp³-hybridized carbons (Fsp3) is 0.600. The van der Waals surface area contributed by atoms with Gasteiger partial charge in [-0.2, -0.15) is 0 Å². The second-order valence-electron chi connectivity index (χ2n) is 8.15. The Morgan fingerprint density at radius 3 is 2.37 bits per heavy atom. The summed E-state index contributed by atoms with van der Waals surface area (Å²) in [6.45, 7) is 7.70. The van der Waals surface area contributed by atoms with E-state index in [2.05, 4.69) is 4.90 Å². The van der Waals surface area contributed by atoms with E-state index >= 15 is 0 Å². The molecule has 1 saturated carbocycles. The van der Waals surface area contributed by atoms with Crippen LogP contribution in [0.5, 0.6) is 5.75 Å². The number of esters is 1. The first-order valence-corrected chi connectivity index (χ1v) is 9.21. The Labute approximate surface area is 160 Å². The highest BCUT2D eigenvalue weighted by Crippen LogP contribution is 2.46. The normalized spacial score (nSPS) is 18.3. The van der Waals surface area contributed by atoms with Crippen LogP contribution in [0, 0.1) is 0 Å². The van der Waals surface area contributed by atoms with Crippen molar-refractivity contribution in [3.63, 3.8) is 0 Å². The zero-order valence-corrected chi connectivity index (χ0v) is 16.7. The molecule has 27 heavy (non-hydrogen) atoms. The lowest BCUT2D eigenvalue weighted by Crippen LogP contribution is -2.58. The number of hydrogen-bond donors (Lipinski definition) is 0. The quantitative estimate of drug-likeness (QED) is 0.755. The summed E-state index contributed by atoms with van der Waals surface area (Å²) in [6.07, 6.45) is 1.71. The van der Waals surface area contributed by atoms with Crippen molar-refractivity contribution in [2.24, 2.45) is 0 Å². The van der Waals surface area contributed by atoms with E-state index in [1.54, 1.807) is 6.07 Å². The first-order chi connectivity index (χ1) is 12.7. The fourth-order valence-corrected chi connectivity index (χ4v) is 3.53. The molecule has 148 valence electrons. The van der Waals surface area contributed by atoms with Gasteiger partial charge in [-0.25, -0.2) is 9.59 Å². The summed E-state index contributed by atoms with van der Waals surface area (Å²) in [5, 5.41) is 0. The van der Waals surface area contributed by atoms with Gasteiger partial charge in [0.25, 0.3) is 0 Å². The van der Waals surface area contributed by atoms with Crippen LogP contribution in [-0.4, -0.2) is 62.0 Å². The van der Waals surface area contributed by atoms with Crippen LogP contribution in [0.15, 0.2) is 18.2 Å². The number of rotatable bonds is 3. The van der Waals surface area contributed by atoms with Crippen molar-refractivity contribution in [3.05, 3.63) is 23.8 Å². The van der Waals surface area contributed by atoms with Crippen LogP contribution >= 0.6 is 0 Å². The Morgan fingerprint density at radius 1 is 1.11 bits per heavy atom. The molecular weight excluding hydrogens is 348 g/mol. The topological polar surface area (TPSA) is 68.3 Å². The van der Waals surface area contributed by atoms with E-state index in [1.807, 2.05) is 37.8 Å². The summed E-state index contributed by atoms with van der Waals surface area (Å²) in [4.78, 5) is 28.5. The maximum atomic E-state index is 12.6. The zero-order valence-electron chi connectivity index (χ0n) is 16.7. The Bertz CT molecular complexity index is 736. The van der Waals surface area contributed by atoms with Crippen molar-refractivity contribution in [2.45, 2.75) is 44.8 Å². The average Bonchev–Trinajstić information content (AvgIpc) is 3.38. The lowest BCUT2D eigenvalue weighted by molar-refractivity contribution is 0.0106. The van der Waals surface area contributed by atoms with Crippen LogP contribution in [0.1, 0.15) is 44.0 Å². The van der Waals surface area contributed by atoms with Crippen molar-refractivity contribution in [3.8, 4) is 5.75 Å². The first kappa shape index (κ1) is 19.3. The van der Waals surface area contributed by atoms with Gasteiger partial charge in [-0.15, -0.1) is 0 Å². The van der Waals surface area contributed by atoms with E-state index in [-0.39, 0.29) is 11.6 Å². The third kappa shape index (κ3) is 3.96. The minimum Gasteiger partial charge on any atom is -0.496 e. The van der Waals surface area contributed by atoms with Gasteiger partial charge in [0.1, 0.15) is 16.9 Å². The van der Waals surface area contributed by atoms with Gasteiger partial charge in [-0.05, 0) is 45.7 Å². The van der Waals surface area contributed by atoms with Gasteiger partial charge in [-0.1, -0.05) is 0 Å². The minimum atomic E-state index is -0.499. The van der Waals surface area contributed by atoms with Gasteiger partial charge < -0.3 is 19.1 Å². The molecular formula is C20H28N2O5. The lowest BCUT2D eigenvalue weighted by atomic mass is 10.1. The van der Waals surface area contributed by atoms with Crippen LogP contribution in [0.3, 0.4) is 0 Å². The highest BCUT2D eigenvalue weighted by atomic mass is 16.6. The Hall–Kier alpha value is -2.44. The van der Waals surface area contributed by atoms with Gasteiger partial charge in [0.2, 0.25) is 0 Å². The van der Waals surface area contributed by atoms with Gasteiger partial charge in [0, 0.05) is 31.4 Å². The van der Waals surface area contributed by atoms with Crippen molar-refractivity contribution < 1.29 is 23.8 Å². The Balaban J connectivity index is 1.76. The third-order valence-corrected chi connectivity index (χ3v) is 5.05. The minimum absolute atomic E-state index is 0.158. The molecule has 2 fully saturated rings. The molecule has 1 aromatic rings. The van der Waals surface area contributed by atoms with Crippen LogP contribution in [0.4, 0.5) is 10.5 Å². The van der Waals surface area contributed by atoms with Crippen molar-refractivity contribution >= 4 is 17.7 Å². The summed E-state index contributed by atoms with van der Waals surface area (Å²) < 4.78 is 15.7. The van der Waals surface area contributed by atoms with E-state index in [0.29, 0.717) is 24.4 Å². The molecule has 1 aromatic carbocycles. The number of ether oxygens (including phenoxy) is 3. The highest BCUT2D eigenvalue weighted by Gasteiger charge is 2.54. The Morgan fingerprint density at radius 2 is 1.81 bits per heavy atom. The molecule has 0 unspecified atom stereocenters. The van der Waals surface area contributed by atoms with Crippen LogP contribution in [-0.2, 0) is 9.47 Å². The number of piperazine rings is 1. The SMILES string of the molecule is COC(=O)c1ccc(N2CCN(C(=O)OC(C)(C)C)C3(CC3)C2)cc1OC. The Kier molecular flexibility index (Phi) is 4.97. The van der Waals surface area contributed by atoms with Crippen LogP contribution in [0.25, 0.3) is 0 Å². The molecule has 2 aliphatic rings. The molecule has 7 nitrogen and oxygen atoms in total. The summed E-state index contributed by atoms with van der Waals surface area (Å²) in [6, 6.07) is 5.47. The number of anilines is 1. The summed E-state index contributed by atoms with van der Waals surface area (Å²) in [5.74, 6) is 0.0607. The fourth-order valence-electron chi connectivity index (χ4n) is 3.53. The molecule has 0 aromatic heterocycles. The van der Waals surface area contributed by atoms with Crippen molar-refractivity contribution in [1.82, 2.24) is 4.90 Å². The number of carbonyl (C=O) groups is 2. The van der Waals surface area contributed by atoms with Crippen LogP contribution in [0.2, 0.25) is 0 Å². The van der Waals surface area contributed by atoms with E-state index < -0.39 is 11.6 Å². The molecule has 1 saturated heterocycles. The van der Waals surface area contributed by atoms with E-state index in [4.69, 9.17) is 14.2 Å². The van der Waals surface area contributed by atoms with Gasteiger partial charge in [0.05, 0.1) is 19.8 Å². The molecule has 1 amide bonds. The second-order valence-corrected chi connectivity index (χ2v) is 8.15. The van der Waals surface area contributed by atoms with Gasteiger partial charge >= 0.3 is 12.1 Å². The molecule has 1 aliphatic carbocycles. The number of carbonyl (C=O) groups excluding carboxylic acids is 2. The predicted octanol–water partition coefficient (Wildman–Crippen LogP) is 3.07. The lowest BCUT2D eigenvalue weighted by Gasteiger charge is -2.43. The maximum absolute atomic E-state index is 12.6. The smallest absolute Gasteiger partial charge is 0.410 e. The second kappa shape index (κ2) is 6.94. The van der Waals surface area contributed by atoms with E-state index in [0.717, 1.165) is 25.1 Å². The number of benzene rings is 1. The molecule has 0 bridgehead atoms. The standard InChI is InChI=1S/C20H28N2O5/c1-19(2,3)27-18(24)22-11-10-21(13-20(22)8-9-20)14-6-7-15(17(23)26-5)16(12-14)25-4/h6-7,12H,8-11,13H2,1-5H3. The largest absolute Gasteiger partial charge is 0.496 e. The van der Waals surface area contributed by atoms with Crippen molar-refractivity contribution in [2.75, 3.05) is 38.8 Å². The first-order valence-electron chi connectivity index (χ1n) is 9.21. The average molecular weight is 376 g/mol. The number of methoxy groups -OCH3 is 2. The molecule has 1 heterocycles. The van der Waals surface area contributed by atoms with E-state index in [9.17, 15) is 9.59 Å². The molecule has 0 N–H and O–H groups in total. The predicted molar refractivity (Wildman–Crippen MR) is 101 cm³/mol. The maximum Gasteiger partial charge on any atom is 0.410 e. The zero-order chi connectivity index (χ0) is 19.8. The number of hydrogen-bond acceptors (Lipinski definition) is 6. The number of amides is 1.